The number of carbonyl (C=O) groups excluding carboxylic acids is 1. The van der Waals surface area contributed by atoms with Crippen molar-refractivity contribution in [2.45, 2.75) is 58.6 Å². The molecule has 1 amide bonds. The van der Waals surface area contributed by atoms with E-state index >= 15 is 0 Å². The minimum absolute atomic E-state index is 0.0703. The first kappa shape index (κ1) is 19.0. The Labute approximate surface area is 151 Å². The van der Waals surface area contributed by atoms with Crippen molar-refractivity contribution in [1.82, 2.24) is 5.32 Å². The Hall–Kier alpha value is -2.29. The first-order valence-corrected chi connectivity index (χ1v) is 9.07. The van der Waals surface area contributed by atoms with E-state index in [1.54, 1.807) is 6.92 Å². The van der Waals surface area contributed by atoms with Gasteiger partial charge < -0.3 is 10.1 Å². The molecule has 2 aromatic carbocycles. The summed E-state index contributed by atoms with van der Waals surface area (Å²) in [6.45, 7) is 8.09. The molecule has 0 aliphatic carbocycles. The number of rotatable bonds is 8. The molecular formula is C22H29NO2. The monoisotopic (exact) mass is 339 g/mol. The Morgan fingerprint density at radius 3 is 2.28 bits per heavy atom. The number of hydrogen-bond acceptors (Lipinski definition) is 2. The molecule has 0 fully saturated rings. The van der Waals surface area contributed by atoms with E-state index in [-0.39, 0.29) is 11.9 Å². The van der Waals surface area contributed by atoms with Crippen molar-refractivity contribution in [1.29, 1.82) is 0 Å². The van der Waals surface area contributed by atoms with Crippen LogP contribution in [0.5, 0.6) is 5.75 Å². The van der Waals surface area contributed by atoms with Crippen LogP contribution in [0.1, 0.15) is 51.2 Å². The fourth-order valence-electron chi connectivity index (χ4n) is 2.77. The molecule has 2 atom stereocenters. The van der Waals surface area contributed by atoms with Crippen LogP contribution < -0.4 is 10.1 Å². The highest BCUT2D eigenvalue weighted by Crippen LogP contribution is 2.26. The molecule has 0 saturated carbocycles. The predicted molar refractivity (Wildman–Crippen MR) is 103 cm³/mol. The molecule has 134 valence electrons. The van der Waals surface area contributed by atoms with Gasteiger partial charge in [0.15, 0.2) is 6.10 Å². The maximum Gasteiger partial charge on any atom is 0.260 e. The van der Waals surface area contributed by atoms with E-state index in [1.807, 2.05) is 49.4 Å². The van der Waals surface area contributed by atoms with Crippen LogP contribution in [0.4, 0.5) is 0 Å². The van der Waals surface area contributed by atoms with Gasteiger partial charge in [-0.3, -0.25) is 4.79 Å². The zero-order valence-electron chi connectivity index (χ0n) is 15.7. The first-order valence-electron chi connectivity index (χ1n) is 9.07. The van der Waals surface area contributed by atoms with Crippen LogP contribution >= 0.6 is 0 Å². The number of nitrogens with one attached hydrogen (secondary N) is 1. The van der Waals surface area contributed by atoms with E-state index in [1.165, 1.54) is 5.56 Å². The molecule has 1 N–H and O–H groups in total. The summed E-state index contributed by atoms with van der Waals surface area (Å²) >= 11 is 0. The van der Waals surface area contributed by atoms with E-state index in [2.05, 4.69) is 31.3 Å². The van der Waals surface area contributed by atoms with Crippen molar-refractivity contribution in [3.63, 3.8) is 0 Å². The molecule has 0 aliphatic rings. The molecule has 0 aliphatic heterocycles. The third-order valence-electron chi connectivity index (χ3n) is 4.31. The van der Waals surface area contributed by atoms with Gasteiger partial charge in [0.1, 0.15) is 5.75 Å². The van der Waals surface area contributed by atoms with Gasteiger partial charge in [-0.15, -0.1) is 0 Å². The highest BCUT2D eigenvalue weighted by Gasteiger charge is 2.18. The number of ether oxygens (including phenoxy) is 1. The summed E-state index contributed by atoms with van der Waals surface area (Å²) in [5, 5.41) is 3.05. The SMILES string of the molecule is CC(C)c1ccccc1O[C@H](C)C(=O)N[C@H](C)CCc1ccccc1. The molecule has 2 aromatic rings. The second kappa shape index (κ2) is 9.26. The van der Waals surface area contributed by atoms with Crippen LogP contribution in [0.3, 0.4) is 0 Å². The maximum absolute atomic E-state index is 12.4. The van der Waals surface area contributed by atoms with Crippen molar-refractivity contribution in [3.8, 4) is 5.75 Å². The molecule has 2 rings (SSSR count). The second-order valence-corrected chi connectivity index (χ2v) is 6.89. The average molecular weight is 339 g/mol. The third kappa shape index (κ3) is 5.93. The Kier molecular flexibility index (Phi) is 7.05. The zero-order chi connectivity index (χ0) is 18.2. The van der Waals surface area contributed by atoms with Crippen molar-refractivity contribution in [2.75, 3.05) is 0 Å². The average Bonchev–Trinajstić information content (AvgIpc) is 2.61. The summed E-state index contributed by atoms with van der Waals surface area (Å²) in [5.41, 5.74) is 2.41. The Balaban J connectivity index is 1.85. The fraction of sp³-hybridized carbons (Fsp3) is 0.409. The van der Waals surface area contributed by atoms with E-state index in [9.17, 15) is 4.79 Å². The molecule has 3 nitrogen and oxygen atoms in total. The van der Waals surface area contributed by atoms with E-state index in [0.29, 0.717) is 5.92 Å². The van der Waals surface area contributed by atoms with Crippen molar-refractivity contribution in [3.05, 3.63) is 65.7 Å². The first-order chi connectivity index (χ1) is 12.0. The lowest BCUT2D eigenvalue weighted by Crippen LogP contribution is -2.41. The summed E-state index contributed by atoms with van der Waals surface area (Å²) < 4.78 is 5.92. The van der Waals surface area contributed by atoms with Crippen LogP contribution in [0.25, 0.3) is 0 Å². The van der Waals surface area contributed by atoms with Crippen molar-refractivity contribution in [2.24, 2.45) is 0 Å². The summed E-state index contributed by atoms with van der Waals surface area (Å²) in [4.78, 5) is 12.4. The summed E-state index contributed by atoms with van der Waals surface area (Å²) in [6.07, 6.45) is 1.35. The molecule has 0 saturated heterocycles. The van der Waals surface area contributed by atoms with Gasteiger partial charge in [0.2, 0.25) is 0 Å². The van der Waals surface area contributed by atoms with Crippen LogP contribution in [-0.2, 0) is 11.2 Å². The zero-order valence-corrected chi connectivity index (χ0v) is 15.7. The Bertz CT molecular complexity index is 667. The molecule has 25 heavy (non-hydrogen) atoms. The quantitative estimate of drug-likeness (QED) is 0.756. The number of amides is 1. The Morgan fingerprint density at radius 2 is 1.60 bits per heavy atom. The topological polar surface area (TPSA) is 38.3 Å². The number of para-hydroxylation sites is 1. The van der Waals surface area contributed by atoms with Gasteiger partial charge in [0.05, 0.1) is 0 Å². The molecular weight excluding hydrogens is 310 g/mol. The second-order valence-electron chi connectivity index (χ2n) is 6.89. The summed E-state index contributed by atoms with van der Waals surface area (Å²) in [7, 11) is 0. The number of hydrogen-bond donors (Lipinski definition) is 1. The van der Waals surface area contributed by atoms with Gasteiger partial charge >= 0.3 is 0 Å². The van der Waals surface area contributed by atoms with Crippen LogP contribution in [0.15, 0.2) is 54.6 Å². The molecule has 0 spiro atoms. The van der Waals surface area contributed by atoms with E-state index in [4.69, 9.17) is 4.74 Å². The molecule has 0 heterocycles. The summed E-state index contributed by atoms with van der Waals surface area (Å²) in [5.74, 6) is 1.08. The van der Waals surface area contributed by atoms with E-state index in [0.717, 1.165) is 24.2 Å². The number of carbonyl (C=O) groups is 1. The van der Waals surface area contributed by atoms with Gasteiger partial charge in [0, 0.05) is 6.04 Å². The smallest absolute Gasteiger partial charge is 0.260 e. The maximum atomic E-state index is 12.4. The van der Waals surface area contributed by atoms with Crippen LogP contribution in [0.2, 0.25) is 0 Å². The van der Waals surface area contributed by atoms with Gasteiger partial charge in [-0.05, 0) is 49.8 Å². The lowest BCUT2D eigenvalue weighted by atomic mass is 10.0. The van der Waals surface area contributed by atoms with E-state index < -0.39 is 6.10 Å². The molecule has 0 radical (unpaired) electrons. The number of benzene rings is 2. The molecule has 0 unspecified atom stereocenters. The third-order valence-corrected chi connectivity index (χ3v) is 4.31. The van der Waals surface area contributed by atoms with Crippen molar-refractivity contribution < 1.29 is 9.53 Å². The van der Waals surface area contributed by atoms with Crippen LogP contribution in [0, 0.1) is 0 Å². The minimum atomic E-state index is -0.515. The lowest BCUT2D eigenvalue weighted by molar-refractivity contribution is -0.127. The summed E-state index contributed by atoms with van der Waals surface area (Å²) in [6, 6.07) is 18.4. The largest absolute Gasteiger partial charge is 0.481 e. The van der Waals surface area contributed by atoms with Crippen LogP contribution in [-0.4, -0.2) is 18.1 Å². The van der Waals surface area contributed by atoms with Gasteiger partial charge in [-0.2, -0.15) is 0 Å². The predicted octanol–water partition coefficient (Wildman–Crippen LogP) is 4.71. The fourth-order valence-corrected chi connectivity index (χ4v) is 2.77. The minimum Gasteiger partial charge on any atom is -0.481 e. The normalized spacial score (nSPS) is 13.3. The molecule has 3 heteroatoms. The standard InChI is InChI=1S/C22H29NO2/c1-16(2)20-12-8-9-13-21(20)25-18(4)22(24)23-17(3)14-15-19-10-6-5-7-11-19/h5-13,16-18H,14-15H2,1-4H3,(H,23,24)/t17-,18-/m1/s1. The van der Waals surface area contributed by atoms with Gasteiger partial charge in [-0.25, -0.2) is 0 Å². The molecule has 0 aromatic heterocycles. The number of aryl methyl sites for hydroxylation is 1. The molecule has 0 bridgehead atoms. The van der Waals surface area contributed by atoms with Gasteiger partial charge in [-0.1, -0.05) is 62.4 Å². The van der Waals surface area contributed by atoms with Crippen molar-refractivity contribution >= 4 is 5.91 Å². The highest BCUT2D eigenvalue weighted by atomic mass is 16.5. The van der Waals surface area contributed by atoms with Gasteiger partial charge in [0.25, 0.3) is 5.91 Å². The highest BCUT2D eigenvalue weighted by molar-refractivity contribution is 5.81. The Morgan fingerprint density at radius 1 is 0.960 bits per heavy atom. The lowest BCUT2D eigenvalue weighted by Gasteiger charge is -2.21.